The summed E-state index contributed by atoms with van der Waals surface area (Å²) in [6.45, 7) is 3.65. The highest BCUT2D eigenvalue weighted by atomic mass is 16.7. The molecule has 0 radical (unpaired) electrons. The zero-order chi connectivity index (χ0) is 49.4. The maximum atomic E-state index is 12.9. The van der Waals surface area contributed by atoms with Crippen LogP contribution in [-0.2, 0) is 14.3 Å². The lowest BCUT2D eigenvalue weighted by Gasteiger charge is -2.40. The first kappa shape index (κ1) is 64.9. The second kappa shape index (κ2) is 49.5. The number of hydrogen-bond donors (Lipinski definition) is 6. The van der Waals surface area contributed by atoms with E-state index in [0.29, 0.717) is 6.42 Å². The number of rotatable bonds is 52. The normalized spacial score (nSPS) is 19.5. The van der Waals surface area contributed by atoms with Crippen LogP contribution in [0.3, 0.4) is 0 Å². The molecule has 0 saturated carbocycles. The second-order valence-corrected chi connectivity index (χ2v) is 21.2. The maximum absolute atomic E-state index is 12.9. The number of hydrogen-bond acceptors (Lipinski definition) is 8. The third-order valence-electron chi connectivity index (χ3n) is 14.6. The van der Waals surface area contributed by atoms with Crippen molar-refractivity contribution in [1.82, 2.24) is 5.32 Å². The van der Waals surface area contributed by atoms with Crippen LogP contribution < -0.4 is 5.32 Å². The largest absolute Gasteiger partial charge is 0.394 e. The number of amides is 1. The summed E-state index contributed by atoms with van der Waals surface area (Å²) in [7, 11) is 0. The topological polar surface area (TPSA) is 149 Å². The second-order valence-electron chi connectivity index (χ2n) is 21.2. The van der Waals surface area contributed by atoms with E-state index in [1.165, 1.54) is 244 Å². The number of unbranched alkanes of at least 4 members (excludes halogenated alkanes) is 42. The minimum absolute atomic E-state index is 0.180. The standard InChI is InChI=1S/C59H115NO8/c1-3-5-7-9-10-11-12-13-14-15-16-17-18-19-20-21-22-23-24-25-26-27-28-29-30-31-32-33-34-35-36-37-38-39-40-41-42-43-44-45-47-49-55(63)60-52(53(62)48-46-8-6-4-2)51-67-59-58(66)57(65)56(64)54(50-61)68-59/h46,48,52-54,56-59,61-62,64-66H,3-45,47,49-51H2,1-2H3,(H,60,63)/b48-46+. The lowest BCUT2D eigenvalue weighted by atomic mass is 9.99. The number of carbonyl (C=O) groups is 1. The van der Waals surface area contributed by atoms with E-state index in [1.807, 2.05) is 6.08 Å². The van der Waals surface area contributed by atoms with Gasteiger partial charge in [-0.15, -0.1) is 0 Å². The van der Waals surface area contributed by atoms with Gasteiger partial charge >= 0.3 is 0 Å². The minimum Gasteiger partial charge on any atom is -0.394 e. The van der Waals surface area contributed by atoms with Crippen LogP contribution in [0, 0.1) is 0 Å². The fraction of sp³-hybridized carbons (Fsp3) is 0.949. The van der Waals surface area contributed by atoms with Gasteiger partial charge in [0.2, 0.25) is 5.91 Å². The summed E-state index contributed by atoms with van der Waals surface area (Å²) >= 11 is 0. The van der Waals surface area contributed by atoms with Crippen LogP contribution in [0.5, 0.6) is 0 Å². The molecule has 1 amide bonds. The minimum atomic E-state index is -1.56. The van der Waals surface area contributed by atoms with E-state index in [0.717, 1.165) is 38.5 Å². The number of aliphatic hydroxyl groups excluding tert-OH is 5. The average molecular weight is 967 g/mol. The molecule has 1 fully saturated rings. The Morgan fingerprint density at radius 2 is 0.809 bits per heavy atom. The van der Waals surface area contributed by atoms with Crippen LogP contribution in [0.4, 0.5) is 0 Å². The number of aliphatic hydroxyl groups is 5. The predicted octanol–water partition coefficient (Wildman–Crippen LogP) is 14.8. The van der Waals surface area contributed by atoms with Gasteiger partial charge < -0.3 is 40.3 Å². The van der Waals surface area contributed by atoms with Crippen molar-refractivity contribution in [3.63, 3.8) is 0 Å². The molecule has 7 unspecified atom stereocenters. The highest BCUT2D eigenvalue weighted by molar-refractivity contribution is 5.76. The van der Waals surface area contributed by atoms with Crippen molar-refractivity contribution in [3.8, 4) is 0 Å². The van der Waals surface area contributed by atoms with Crippen LogP contribution in [0.2, 0.25) is 0 Å². The Hall–Kier alpha value is -1.07. The number of carbonyl (C=O) groups excluding carboxylic acids is 1. The summed E-state index contributed by atoms with van der Waals surface area (Å²) < 4.78 is 11.1. The van der Waals surface area contributed by atoms with Crippen LogP contribution in [0.15, 0.2) is 12.2 Å². The third kappa shape index (κ3) is 38.6. The smallest absolute Gasteiger partial charge is 0.220 e. The molecule has 9 heteroatoms. The molecule has 1 aliphatic rings. The van der Waals surface area contributed by atoms with Gasteiger partial charge in [-0.1, -0.05) is 296 Å². The molecule has 404 valence electrons. The van der Waals surface area contributed by atoms with Gasteiger partial charge in [0.1, 0.15) is 24.4 Å². The third-order valence-corrected chi connectivity index (χ3v) is 14.6. The molecule has 68 heavy (non-hydrogen) atoms. The van der Waals surface area contributed by atoms with Crippen molar-refractivity contribution in [3.05, 3.63) is 12.2 Å². The van der Waals surface area contributed by atoms with Gasteiger partial charge in [-0.25, -0.2) is 0 Å². The molecule has 0 aromatic heterocycles. The van der Waals surface area contributed by atoms with Gasteiger partial charge in [0.05, 0.1) is 25.4 Å². The summed E-state index contributed by atoms with van der Waals surface area (Å²) in [5.74, 6) is -0.180. The molecule has 0 aromatic carbocycles. The molecule has 7 atom stereocenters. The Morgan fingerprint density at radius 3 is 1.13 bits per heavy atom. The molecule has 1 heterocycles. The molecule has 0 bridgehead atoms. The maximum Gasteiger partial charge on any atom is 0.220 e. The molecule has 9 nitrogen and oxygen atoms in total. The van der Waals surface area contributed by atoms with E-state index in [9.17, 15) is 30.3 Å². The first-order valence-corrected chi connectivity index (χ1v) is 29.9. The molecule has 0 aliphatic carbocycles. The Kier molecular flexibility index (Phi) is 47.3. The molecule has 0 spiro atoms. The molecule has 6 N–H and O–H groups in total. The Balaban J connectivity index is 1.86. The van der Waals surface area contributed by atoms with Crippen molar-refractivity contribution in [2.24, 2.45) is 0 Å². The first-order chi connectivity index (χ1) is 33.3. The van der Waals surface area contributed by atoms with E-state index < -0.39 is 49.5 Å². The summed E-state index contributed by atoms with van der Waals surface area (Å²) in [5, 5.41) is 53.7. The molecule has 0 aromatic rings. The van der Waals surface area contributed by atoms with E-state index in [1.54, 1.807) is 6.08 Å². The van der Waals surface area contributed by atoms with Gasteiger partial charge in [0, 0.05) is 6.42 Å². The predicted molar refractivity (Wildman–Crippen MR) is 286 cm³/mol. The zero-order valence-corrected chi connectivity index (χ0v) is 44.9. The van der Waals surface area contributed by atoms with Crippen molar-refractivity contribution < 1.29 is 39.8 Å². The molecular formula is C59H115NO8. The van der Waals surface area contributed by atoms with Gasteiger partial charge in [0.25, 0.3) is 0 Å². The average Bonchev–Trinajstić information content (AvgIpc) is 3.34. The molecule has 1 rings (SSSR count). The van der Waals surface area contributed by atoms with Crippen molar-refractivity contribution in [2.45, 2.75) is 346 Å². The lowest BCUT2D eigenvalue weighted by Crippen LogP contribution is -2.60. The van der Waals surface area contributed by atoms with Crippen LogP contribution >= 0.6 is 0 Å². The fourth-order valence-electron chi connectivity index (χ4n) is 9.85. The van der Waals surface area contributed by atoms with Crippen molar-refractivity contribution >= 4 is 5.91 Å². The van der Waals surface area contributed by atoms with Crippen LogP contribution in [0.1, 0.15) is 303 Å². The van der Waals surface area contributed by atoms with Gasteiger partial charge in [-0.05, 0) is 12.8 Å². The zero-order valence-electron chi connectivity index (χ0n) is 44.9. The number of nitrogens with one attached hydrogen (secondary N) is 1. The molecule has 1 saturated heterocycles. The van der Waals surface area contributed by atoms with E-state index in [2.05, 4.69) is 19.2 Å². The molecule has 1 aliphatic heterocycles. The highest BCUT2D eigenvalue weighted by Crippen LogP contribution is 2.23. The van der Waals surface area contributed by atoms with Gasteiger partial charge in [0.15, 0.2) is 6.29 Å². The van der Waals surface area contributed by atoms with Gasteiger partial charge in [-0.3, -0.25) is 4.79 Å². The molecular weight excluding hydrogens is 851 g/mol. The Morgan fingerprint density at radius 1 is 0.485 bits per heavy atom. The van der Waals surface area contributed by atoms with Gasteiger partial charge in [-0.2, -0.15) is 0 Å². The quantitative estimate of drug-likeness (QED) is 0.0261. The summed E-state index contributed by atoms with van der Waals surface area (Å²) in [5.41, 5.74) is 0. The van der Waals surface area contributed by atoms with Crippen molar-refractivity contribution in [2.75, 3.05) is 13.2 Å². The monoisotopic (exact) mass is 966 g/mol. The van der Waals surface area contributed by atoms with Crippen molar-refractivity contribution in [1.29, 1.82) is 0 Å². The summed E-state index contributed by atoms with van der Waals surface area (Å²) in [4.78, 5) is 12.9. The number of ether oxygens (including phenoxy) is 2. The van der Waals surface area contributed by atoms with E-state index in [-0.39, 0.29) is 12.5 Å². The summed E-state index contributed by atoms with van der Waals surface area (Å²) in [6.07, 6.45) is 55.7. The Labute approximate surface area is 420 Å². The van der Waals surface area contributed by atoms with Crippen LogP contribution in [0.25, 0.3) is 0 Å². The van der Waals surface area contributed by atoms with E-state index >= 15 is 0 Å². The van der Waals surface area contributed by atoms with Crippen LogP contribution in [-0.4, -0.2) is 87.5 Å². The number of allylic oxidation sites excluding steroid dienone is 1. The SMILES string of the molecule is CCCC/C=C/C(O)C(COC1OC(CO)C(O)C(O)C1O)NC(=O)CCCCCCCCCCCCCCCCCCCCCCCCCCCCCCCCCCCCCCCCCCC. The first-order valence-electron chi connectivity index (χ1n) is 29.9. The fourth-order valence-corrected chi connectivity index (χ4v) is 9.85. The summed E-state index contributed by atoms with van der Waals surface area (Å²) in [6, 6.07) is -0.796. The van der Waals surface area contributed by atoms with E-state index in [4.69, 9.17) is 9.47 Å². The Bertz CT molecular complexity index is 1080. The lowest BCUT2D eigenvalue weighted by molar-refractivity contribution is -0.302. The highest BCUT2D eigenvalue weighted by Gasteiger charge is 2.44.